The van der Waals surface area contributed by atoms with Crippen LogP contribution < -0.4 is 4.90 Å². The molecule has 0 aliphatic carbocycles. The van der Waals surface area contributed by atoms with Crippen molar-refractivity contribution < 1.29 is 9.59 Å². The van der Waals surface area contributed by atoms with Gasteiger partial charge in [-0.3, -0.25) is 9.59 Å². The van der Waals surface area contributed by atoms with Crippen molar-refractivity contribution in [3.05, 3.63) is 101 Å². The number of hydrogen-bond donors (Lipinski definition) is 0. The Balaban J connectivity index is 1.32. The molecule has 0 bridgehead atoms. The fraction of sp³-hybridized carbons (Fsp3) is 0.286. The summed E-state index contributed by atoms with van der Waals surface area (Å²) >= 11 is 0. The van der Waals surface area contributed by atoms with E-state index in [0.717, 1.165) is 35.3 Å². The Morgan fingerprint density at radius 1 is 0.848 bits per heavy atom. The number of carbonyl (C=O) groups excluding carboxylic acids is 2. The molecule has 5 nitrogen and oxygen atoms in total. The third-order valence-corrected chi connectivity index (χ3v) is 6.81. The standard InChI is InChI=1S/C28H29N3O2/c1-21-11-13-22(14-12-21)26(31-20-23-7-5-6-10-25(23)28(31)33)19-27(32)30-17-15-29(16-18-30)24-8-3-2-4-9-24/h2-14,26H,15-20H2,1H3. The molecule has 0 saturated carbocycles. The zero-order valence-corrected chi connectivity index (χ0v) is 19.0. The number of nitrogens with zero attached hydrogens (tertiary/aromatic N) is 3. The first kappa shape index (κ1) is 21.3. The predicted octanol–water partition coefficient (Wildman–Crippen LogP) is 4.43. The van der Waals surface area contributed by atoms with E-state index in [1.807, 2.05) is 59.2 Å². The number of hydrogen-bond acceptors (Lipinski definition) is 3. The molecule has 1 unspecified atom stereocenters. The molecule has 0 radical (unpaired) electrons. The maximum absolute atomic E-state index is 13.4. The van der Waals surface area contributed by atoms with Crippen molar-refractivity contribution >= 4 is 17.5 Å². The Labute approximate surface area is 195 Å². The smallest absolute Gasteiger partial charge is 0.255 e. The van der Waals surface area contributed by atoms with Crippen molar-refractivity contribution in [1.29, 1.82) is 0 Å². The highest BCUT2D eigenvalue weighted by Crippen LogP contribution is 2.34. The lowest BCUT2D eigenvalue weighted by Gasteiger charge is -2.37. The van der Waals surface area contributed by atoms with E-state index in [-0.39, 0.29) is 17.9 Å². The van der Waals surface area contributed by atoms with Gasteiger partial charge in [0.05, 0.1) is 12.5 Å². The zero-order chi connectivity index (χ0) is 22.8. The molecule has 1 fully saturated rings. The van der Waals surface area contributed by atoms with Gasteiger partial charge in [0.15, 0.2) is 0 Å². The summed E-state index contributed by atoms with van der Waals surface area (Å²) in [6, 6.07) is 26.0. The SMILES string of the molecule is Cc1ccc(C(CC(=O)N2CCN(c3ccccc3)CC2)N2Cc3ccccc3C2=O)cc1. The van der Waals surface area contributed by atoms with Gasteiger partial charge in [-0.1, -0.05) is 66.2 Å². The van der Waals surface area contributed by atoms with Crippen molar-refractivity contribution in [3.63, 3.8) is 0 Å². The van der Waals surface area contributed by atoms with Crippen LogP contribution in [0.15, 0.2) is 78.9 Å². The van der Waals surface area contributed by atoms with Crippen LogP contribution in [-0.2, 0) is 11.3 Å². The van der Waals surface area contributed by atoms with Crippen molar-refractivity contribution in [2.24, 2.45) is 0 Å². The van der Waals surface area contributed by atoms with E-state index in [1.54, 1.807) is 0 Å². The highest BCUT2D eigenvalue weighted by molar-refractivity contribution is 5.98. The second-order valence-corrected chi connectivity index (χ2v) is 8.92. The molecule has 2 aliphatic heterocycles. The molecule has 5 heteroatoms. The molecule has 1 saturated heterocycles. The van der Waals surface area contributed by atoms with Crippen LogP contribution in [0.2, 0.25) is 0 Å². The Morgan fingerprint density at radius 3 is 2.21 bits per heavy atom. The van der Waals surface area contributed by atoms with Crippen molar-refractivity contribution in [3.8, 4) is 0 Å². The first-order valence-corrected chi connectivity index (χ1v) is 11.6. The van der Waals surface area contributed by atoms with E-state index in [0.29, 0.717) is 26.1 Å². The van der Waals surface area contributed by atoms with E-state index >= 15 is 0 Å². The molecule has 1 atom stereocenters. The normalized spacial score (nSPS) is 16.6. The molecule has 0 N–H and O–H groups in total. The Morgan fingerprint density at radius 2 is 1.52 bits per heavy atom. The average molecular weight is 440 g/mol. The van der Waals surface area contributed by atoms with Gasteiger partial charge in [-0.25, -0.2) is 0 Å². The lowest BCUT2D eigenvalue weighted by Crippen LogP contribution is -2.49. The van der Waals surface area contributed by atoms with Gasteiger partial charge >= 0.3 is 0 Å². The minimum absolute atomic E-state index is 0.0119. The first-order chi connectivity index (χ1) is 16.1. The number of amides is 2. The summed E-state index contributed by atoms with van der Waals surface area (Å²) in [6.45, 7) is 5.62. The van der Waals surface area contributed by atoms with Gasteiger partial charge < -0.3 is 14.7 Å². The molecule has 2 amide bonds. The lowest BCUT2D eigenvalue weighted by atomic mass is 9.99. The Hall–Kier alpha value is -3.60. The Bertz CT molecular complexity index is 1140. The van der Waals surface area contributed by atoms with E-state index in [4.69, 9.17) is 0 Å². The predicted molar refractivity (Wildman–Crippen MR) is 130 cm³/mol. The molecule has 0 aromatic heterocycles. The maximum Gasteiger partial charge on any atom is 0.255 e. The van der Waals surface area contributed by atoms with E-state index in [9.17, 15) is 9.59 Å². The average Bonchev–Trinajstić information content (AvgIpc) is 3.20. The maximum atomic E-state index is 13.4. The van der Waals surface area contributed by atoms with E-state index < -0.39 is 0 Å². The molecule has 0 spiro atoms. The van der Waals surface area contributed by atoms with Gasteiger partial charge in [0.2, 0.25) is 5.91 Å². The van der Waals surface area contributed by atoms with Crippen LogP contribution in [-0.4, -0.2) is 47.8 Å². The quantitative estimate of drug-likeness (QED) is 0.591. The molecular weight excluding hydrogens is 410 g/mol. The minimum Gasteiger partial charge on any atom is -0.368 e. The fourth-order valence-electron chi connectivity index (χ4n) is 4.87. The summed E-state index contributed by atoms with van der Waals surface area (Å²) in [7, 11) is 0. The van der Waals surface area contributed by atoms with Crippen molar-refractivity contribution in [2.45, 2.75) is 25.9 Å². The summed E-state index contributed by atoms with van der Waals surface area (Å²) in [4.78, 5) is 32.8. The summed E-state index contributed by atoms with van der Waals surface area (Å²) in [5.74, 6) is 0.120. The van der Waals surface area contributed by atoms with Crippen LogP contribution in [0.1, 0.15) is 39.5 Å². The lowest BCUT2D eigenvalue weighted by molar-refractivity contribution is -0.132. The van der Waals surface area contributed by atoms with Gasteiger partial charge in [-0.2, -0.15) is 0 Å². The number of rotatable bonds is 5. The van der Waals surface area contributed by atoms with Crippen molar-refractivity contribution in [2.75, 3.05) is 31.1 Å². The zero-order valence-electron chi connectivity index (χ0n) is 19.0. The number of benzene rings is 3. The molecule has 5 rings (SSSR count). The summed E-state index contributed by atoms with van der Waals surface area (Å²) < 4.78 is 0. The second kappa shape index (κ2) is 9.10. The number of para-hydroxylation sites is 1. The minimum atomic E-state index is -0.273. The molecule has 2 aliphatic rings. The van der Waals surface area contributed by atoms with E-state index in [2.05, 4.69) is 41.3 Å². The fourth-order valence-corrected chi connectivity index (χ4v) is 4.87. The molecule has 2 heterocycles. The van der Waals surface area contributed by atoms with Crippen LogP contribution in [0.3, 0.4) is 0 Å². The number of aryl methyl sites for hydroxylation is 1. The summed E-state index contributed by atoms with van der Waals surface area (Å²) in [6.07, 6.45) is 0.300. The number of anilines is 1. The highest BCUT2D eigenvalue weighted by atomic mass is 16.2. The number of fused-ring (bicyclic) bond motifs is 1. The van der Waals surface area contributed by atoms with Crippen molar-refractivity contribution in [1.82, 2.24) is 9.80 Å². The molecule has 3 aromatic rings. The number of piperazine rings is 1. The largest absolute Gasteiger partial charge is 0.368 e. The third-order valence-electron chi connectivity index (χ3n) is 6.81. The van der Waals surface area contributed by atoms with Crippen LogP contribution in [0.4, 0.5) is 5.69 Å². The first-order valence-electron chi connectivity index (χ1n) is 11.6. The summed E-state index contributed by atoms with van der Waals surface area (Å²) in [5, 5.41) is 0. The molecule has 3 aromatic carbocycles. The van der Waals surface area contributed by atoms with Gasteiger partial charge in [-0.15, -0.1) is 0 Å². The molecule has 33 heavy (non-hydrogen) atoms. The monoisotopic (exact) mass is 439 g/mol. The van der Waals surface area contributed by atoms with Gasteiger partial charge in [0, 0.05) is 44.0 Å². The van der Waals surface area contributed by atoms with Crippen LogP contribution in [0.5, 0.6) is 0 Å². The van der Waals surface area contributed by atoms with E-state index in [1.165, 1.54) is 5.69 Å². The highest BCUT2D eigenvalue weighted by Gasteiger charge is 2.35. The van der Waals surface area contributed by atoms with Gasteiger partial charge in [0.1, 0.15) is 0 Å². The Kier molecular flexibility index (Phi) is 5.86. The van der Waals surface area contributed by atoms with Gasteiger partial charge in [-0.05, 0) is 36.2 Å². The summed E-state index contributed by atoms with van der Waals surface area (Å²) in [5.41, 5.74) is 5.15. The van der Waals surface area contributed by atoms with Crippen LogP contribution >= 0.6 is 0 Å². The topological polar surface area (TPSA) is 43.9 Å². The van der Waals surface area contributed by atoms with Crippen LogP contribution in [0, 0.1) is 6.92 Å². The second-order valence-electron chi connectivity index (χ2n) is 8.92. The molecule has 168 valence electrons. The third kappa shape index (κ3) is 4.36. The number of carbonyl (C=O) groups is 2. The van der Waals surface area contributed by atoms with Crippen LogP contribution in [0.25, 0.3) is 0 Å². The van der Waals surface area contributed by atoms with Gasteiger partial charge in [0.25, 0.3) is 5.91 Å². The molecular formula is C28H29N3O2.